The fourth-order valence-electron chi connectivity index (χ4n) is 8.40. The molecule has 0 spiro atoms. The van der Waals surface area contributed by atoms with Gasteiger partial charge in [0.05, 0.1) is 14.3 Å². The summed E-state index contributed by atoms with van der Waals surface area (Å²) in [5.74, 6) is -3.71. The predicted octanol–water partition coefficient (Wildman–Crippen LogP) is 6.45. The molecule has 216 valence electrons. The summed E-state index contributed by atoms with van der Waals surface area (Å²) < 4.78 is 43.3. The lowest BCUT2D eigenvalue weighted by molar-refractivity contribution is -0.186. The molecule has 0 aromatic rings. The molecule has 0 amide bonds. The number of alkyl halides is 3. The molecule has 4 aliphatic carbocycles. The highest BCUT2D eigenvalue weighted by atomic mass is 19.3. The van der Waals surface area contributed by atoms with Gasteiger partial charge in [0.1, 0.15) is 5.78 Å². The van der Waals surface area contributed by atoms with E-state index in [1.807, 2.05) is 20.8 Å². The maximum absolute atomic E-state index is 14.5. The second kappa shape index (κ2) is 13.6. The van der Waals surface area contributed by atoms with Crippen molar-refractivity contribution in [3.05, 3.63) is 0 Å². The summed E-state index contributed by atoms with van der Waals surface area (Å²) in [6.45, 7) is 10.4. The molecule has 0 saturated heterocycles. The number of Topliss-reactive ketones (excluding diaryl/α,β-unsaturated/α-hetero) is 2. The molecule has 8 heteroatoms. The fourth-order valence-corrected chi connectivity index (χ4v) is 8.40. The van der Waals surface area contributed by atoms with Crippen LogP contribution in [-0.4, -0.2) is 50.0 Å². The second-order valence-corrected chi connectivity index (χ2v) is 11.4. The highest BCUT2D eigenvalue weighted by Gasteiger charge is 2.66. The molecule has 0 bridgehead atoms. The van der Waals surface area contributed by atoms with Crippen molar-refractivity contribution in [3.63, 3.8) is 0 Å². The van der Waals surface area contributed by atoms with E-state index >= 15 is 0 Å². The first kappa shape index (κ1) is 33.6. The summed E-state index contributed by atoms with van der Waals surface area (Å²) in [6.07, 6.45) is 4.57. The van der Waals surface area contributed by atoms with Crippen molar-refractivity contribution < 1.29 is 37.4 Å². The number of carbonyl (C=O) groups excluding carboxylic acids is 3. The standard InChI is InChI=1S/C25H36F2O4.C2H6.CH3F.CH4O/c1-14(5-8-21(30)31-4)16-6-7-17-22-18(9-10-23(16,17)2)24(3)13-25(26,27)20(29)12-15(24)11-19(22)28;3*1-2/h14-18,22H,5-13H2,1-4H3;1-2H3;1H3;2H,1H3/t14-,15?,16?,17?,18?,22?,23?,24?;;;/m1.../s1. The highest BCUT2D eigenvalue weighted by Crippen LogP contribution is 2.68. The summed E-state index contributed by atoms with van der Waals surface area (Å²) in [4.78, 5) is 36.9. The SMILES string of the molecule is CC.CF.CO.COC(=O)CC[C@@H](C)C1CCC2C3C(=O)CC4CC(=O)C(F)(F)CC4(C)C3CCC21C. The average Bonchev–Trinajstić information content (AvgIpc) is 3.25. The predicted molar refractivity (Wildman–Crippen MR) is 138 cm³/mol. The molecule has 4 saturated carbocycles. The lowest BCUT2D eigenvalue weighted by atomic mass is 9.44. The molecule has 0 aromatic heterocycles. The molecule has 1 N–H and O–H groups in total. The van der Waals surface area contributed by atoms with E-state index < -0.39 is 23.5 Å². The number of hydrogen-bond acceptors (Lipinski definition) is 5. The minimum Gasteiger partial charge on any atom is -0.469 e. The Morgan fingerprint density at radius 1 is 1.03 bits per heavy atom. The van der Waals surface area contributed by atoms with Gasteiger partial charge in [-0.3, -0.25) is 18.8 Å². The molecule has 8 atom stereocenters. The zero-order chi connectivity index (χ0) is 28.8. The summed E-state index contributed by atoms with van der Waals surface area (Å²) in [7, 11) is 2.91. The molecule has 4 rings (SSSR count). The minimum absolute atomic E-state index is 0.00254. The largest absolute Gasteiger partial charge is 0.469 e. The first-order chi connectivity index (χ1) is 17.4. The number of aliphatic hydroxyl groups excluding tert-OH is 1. The van der Waals surface area contributed by atoms with Crippen molar-refractivity contribution >= 4 is 17.5 Å². The number of ketones is 2. The number of carbonyl (C=O) groups is 3. The third-order valence-corrected chi connectivity index (χ3v) is 10.1. The van der Waals surface area contributed by atoms with Crippen molar-refractivity contribution in [2.75, 3.05) is 21.4 Å². The summed E-state index contributed by atoms with van der Waals surface area (Å²) in [5.41, 5.74) is -0.644. The van der Waals surface area contributed by atoms with Gasteiger partial charge in [-0.25, -0.2) is 0 Å². The number of ether oxygens (including phenoxy) is 1. The van der Waals surface area contributed by atoms with Crippen LogP contribution >= 0.6 is 0 Å². The number of hydrogen-bond donors (Lipinski definition) is 1. The maximum atomic E-state index is 14.5. The summed E-state index contributed by atoms with van der Waals surface area (Å²) >= 11 is 0. The van der Waals surface area contributed by atoms with Crippen LogP contribution in [0.5, 0.6) is 0 Å². The van der Waals surface area contributed by atoms with Gasteiger partial charge < -0.3 is 9.84 Å². The average molecular weight is 535 g/mol. The smallest absolute Gasteiger partial charge is 0.305 e. The second-order valence-electron chi connectivity index (χ2n) is 11.4. The van der Waals surface area contributed by atoms with E-state index in [9.17, 15) is 27.6 Å². The van der Waals surface area contributed by atoms with Gasteiger partial charge in [-0.05, 0) is 72.5 Å². The van der Waals surface area contributed by atoms with Crippen molar-refractivity contribution in [2.24, 2.45) is 46.3 Å². The quantitative estimate of drug-likeness (QED) is 0.419. The molecule has 37 heavy (non-hydrogen) atoms. The molecule has 7 unspecified atom stereocenters. The van der Waals surface area contributed by atoms with Gasteiger partial charge in [-0.1, -0.05) is 34.6 Å². The normalized spacial score (nSPS) is 38.0. The number of aliphatic hydroxyl groups is 1. The highest BCUT2D eigenvalue weighted by molar-refractivity contribution is 5.89. The summed E-state index contributed by atoms with van der Waals surface area (Å²) in [6, 6.07) is 0. The zero-order valence-corrected chi connectivity index (χ0v) is 24.0. The van der Waals surface area contributed by atoms with Crippen LogP contribution in [0.1, 0.15) is 92.4 Å². The molecular formula is C29H49F3O5. The fraction of sp³-hybridized carbons (Fsp3) is 0.897. The first-order valence-electron chi connectivity index (χ1n) is 13.8. The van der Waals surface area contributed by atoms with Crippen LogP contribution in [0.15, 0.2) is 0 Å². The van der Waals surface area contributed by atoms with E-state index in [-0.39, 0.29) is 53.7 Å². The zero-order valence-electron chi connectivity index (χ0n) is 24.0. The monoisotopic (exact) mass is 534 g/mol. The Labute approximate surface area is 221 Å². The topological polar surface area (TPSA) is 80.7 Å². The lowest BCUT2D eigenvalue weighted by Crippen LogP contribution is -2.60. The molecule has 4 fully saturated rings. The Balaban J connectivity index is 0.00000106. The van der Waals surface area contributed by atoms with E-state index in [1.165, 1.54) is 7.11 Å². The first-order valence-corrected chi connectivity index (χ1v) is 13.8. The van der Waals surface area contributed by atoms with E-state index in [0.29, 0.717) is 25.4 Å². The van der Waals surface area contributed by atoms with Crippen molar-refractivity contribution in [3.8, 4) is 0 Å². The maximum Gasteiger partial charge on any atom is 0.305 e. The third-order valence-electron chi connectivity index (χ3n) is 10.1. The van der Waals surface area contributed by atoms with Gasteiger partial charge in [0.2, 0.25) is 5.78 Å². The van der Waals surface area contributed by atoms with Crippen molar-refractivity contribution in [1.29, 1.82) is 0 Å². The van der Waals surface area contributed by atoms with Gasteiger partial charge in [-0.15, -0.1) is 0 Å². The van der Waals surface area contributed by atoms with Crippen LogP contribution in [0.25, 0.3) is 0 Å². The molecule has 5 nitrogen and oxygen atoms in total. The van der Waals surface area contributed by atoms with Crippen LogP contribution in [-0.2, 0) is 19.1 Å². The number of halogens is 3. The Bertz CT molecular complexity index is 788. The van der Waals surface area contributed by atoms with Crippen LogP contribution in [0.4, 0.5) is 13.2 Å². The van der Waals surface area contributed by atoms with E-state index in [4.69, 9.17) is 9.84 Å². The Hall–Kier alpha value is -1.44. The van der Waals surface area contributed by atoms with Crippen LogP contribution in [0, 0.1) is 46.3 Å². The van der Waals surface area contributed by atoms with Gasteiger partial charge in [0.25, 0.3) is 0 Å². The van der Waals surface area contributed by atoms with Gasteiger partial charge in [0.15, 0.2) is 0 Å². The number of rotatable bonds is 4. The summed E-state index contributed by atoms with van der Waals surface area (Å²) in [5, 5.41) is 7.00. The Morgan fingerprint density at radius 2 is 1.59 bits per heavy atom. The van der Waals surface area contributed by atoms with Crippen LogP contribution in [0.3, 0.4) is 0 Å². The van der Waals surface area contributed by atoms with E-state index in [0.717, 1.165) is 39.2 Å². The van der Waals surface area contributed by atoms with Gasteiger partial charge in [-0.2, -0.15) is 8.78 Å². The third kappa shape index (κ3) is 6.25. The van der Waals surface area contributed by atoms with Gasteiger partial charge in [0, 0.05) is 38.7 Å². The van der Waals surface area contributed by atoms with Crippen LogP contribution < -0.4 is 0 Å². The van der Waals surface area contributed by atoms with Crippen molar-refractivity contribution in [1.82, 2.24) is 0 Å². The molecule has 4 aliphatic rings. The minimum atomic E-state index is -3.27. The molecule has 0 heterocycles. The van der Waals surface area contributed by atoms with E-state index in [2.05, 4.69) is 13.8 Å². The lowest BCUT2D eigenvalue weighted by Gasteiger charge is -2.60. The van der Waals surface area contributed by atoms with Crippen molar-refractivity contribution in [2.45, 2.75) is 98.3 Å². The van der Waals surface area contributed by atoms with Gasteiger partial charge >= 0.3 is 11.9 Å². The van der Waals surface area contributed by atoms with E-state index in [1.54, 1.807) is 0 Å². The number of methoxy groups -OCH3 is 1. The Kier molecular flexibility index (Phi) is 12.3. The molecule has 0 radical (unpaired) electrons. The molecule has 0 aromatic carbocycles. The number of esters is 1. The molecule has 0 aliphatic heterocycles. The molecular weight excluding hydrogens is 485 g/mol. The van der Waals surface area contributed by atoms with Crippen LogP contribution in [0.2, 0.25) is 0 Å². The number of fused-ring (bicyclic) bond motifs is 5. The Morgan fingerprint density at radius 3 is 2.16 bits per heavy atom.